The van der Waals surface area contributed by atoms with E-state index in [1.54, 1.807) is 28.4 Å². The second-order valence-electron chi connectivity index (χ2n) is 20.6. The number of nitriles is 1. The minimum absolute atomic E-state index is 0.0618. The average molecular weight is 1040 g/mol. The molecule has 2 amide bonds. The summed E-state index contributed by atoms with van der Waals surface area (Å²) in [6.45, 7) is 20.2. The van der Waals surface area contributed by atoms with Gasteiger partial charge in [0.05, 0.1) is 47.1 Å². The fourth-order valence-electron chi connectivity index (χ4n) is 8.26. The number of hydrogen-bond acceptors (Lipinski definition) is 13. The van der Waals surface area contributed by atoms with Crippen LogP contribution in [0.1, 0.15) is 113 Å². The highest BCUT2D eigenvalue weighted by atomic mass is 32.2. The summed E-state index contributed by atoms with van der Waals surface area (Å²) in [6, 6.07) is 31.7. The van der Waals surface area contributed by atoms with Crippen LogP contribution in [0.5, 0.6) is 0 Å². The summed E-state index contributed by atoms with van der Waals surface area (Å²) in [4.78, 5) is 55.1. The molecule has 0 radical (unpaired) electrons. The van der Waals surface area contributed by atoms with E-state index in [0.29, 0.717) is 26.2 Å². The lowest BCUT2D eigenvalue weighted by atomic mass is 9.92. The molecular weight excluding hydrogens is 965 g/mol. The Labute approximate surface area is 446 Å². The van der Waals surface area contributed by atoms with Gasteiger partial charge in [0.25, 0.3) is 0 Å². The van der Waals surface area contributed by atoms with Crippen LogP contribution in [0.15, 0.2) is 119 Å². The van der Waals surface area contributed by atoms with Crippen molar-refractivity contribution in [3.8, 4) is 28.7 Å². The Hall–Kier alpha value is -6.57. The van der Waals surface area contributed by atoms with E-state index in [-0.39, 0.29) is 30.2 Å². The number of carbonyl (C=O) groups excluding carboxylic acids is 2. The minimum atomic E-state index is -0.490. The van der Waals surface area contributed by atoms with E-state index >= 15 is 0 Å². The van der Waals surface area contributed by atoms with Gasteiger partial charge in [0, 0.05) is 56.4 Å². The summed E-state index contributed by atoms with van der Waals surface area (Å²) in [5.41, 5.74) is 9.71. The van der Waals surface area contributed by atoms with Crippen LogP contribution in [0, 0.1) is 32.1 Å². The SMILES string of the molecule is CSc1nccc(-c2c(-c3ccc(C)cc3)ncn2C2CCN(C(=O)OC(C)(C)C)CC2)n1.CSc1nccc(C=NC2CCN(C(=O)OC(C)(C)C)CC2)n1.Cc1ccc(CC(C#N)c2ccc(C)cc2)cc1. The first-order valence-corrected chi connectivity index (χ1v) is 27.6. The van der Waals surface area contributed by atoms with Gasteiger partial charge in [-0.2, -0.15) is 5.26 Å². The predicted molar refractivity (Wildman–Crippen MR) is 298 cm³/mol. The fourth-order valence-corrected chi connectivity index (χ4v) is 8.98. The van der Waals surface area contributed by atoms with E-state index in [0.717, 1.165) is 76.3 Å². The quantitative estimate of drug-likeness (QED) is 0.0725. The molecule has 3 aromatic heterocycles. The van der Waals surface area contributed by atoms with Gasteiger partial charge >= 0.3 is 12.2 Å². The monoisotopic (exact) mass is 1040 g/mol. The van der Waals surface area contributed by atoms with Gasteiger partial charge in [-0.15, -0.1) is 0 Å². The number of aromatic nitrogens is 6. The molecular formula is C58H72N10O4S2. The van der Waals surface area contributed by atoms with Crippen LogP contribution in [0.25, 0.3) is 22.6 Å². The molecule has 1 atom stereocenters. The predicted octanol–water partition coefficient (Wildman–Crippen LogP) is 12.8. The molecule has 2 fully saturated rings. The third kappa shape index (κ3) is 17.3. The molecule has 5 heterocycles. The normalized spacial score (nSPS) is 14.8. The van der Waals surface area contributed by atoms with Crippen molar-refractivity contribution >= 4 is 41.9 Å². The zero-order chi connectivity index (χ0) is 53.4. The van der Waals surface area contributed by atoms with Crippen LogP contribution in [-0.4, -0.2) is 114 Å². The molecule has 0 bridgehead atoms. The third-order valence-electron chi connectivity index (χ3n) is 12.3. The third-order valence-corrected chi connectivity index (χ3v) is 13.4. The lowest BCUT2D eigenvalue weighted by Gasteiger charge is -2.34. The van der Waals surface area contributed by atoms with Crippen LogP contribution < -0.4 is 0 Å². The van der Waals surface area contributed by atoms with Crippen LogP contribution in [-0.2, 0) is 15.9 Å². The number of aryl methyl sites for hydroxylation is 3. The van der Waals surface area contributed by atoms with Crippen molar-refractivity contribution < 1.29 is 19.1 Å². The number of thioether (sulfide) groups is 2. The van der Waals surface area contributed by atoms with Gasteiger partial charge < -0.3 is 23.8 Å². The second-order valence-corrected chi connectivity index (χ2v) is 22.1. The second kappa shape index (κ2) is 26.6. The number of hydrogen-bond donors (Lipinski definition) is 0. The summed E-state index contributed by atoms with van der Waals surface area (Å²) in [5, 5.41) is 10.8. The van der Waals surface area contributed by atoms with Crippen LogP contribution in [0.3, 0.4) is 0 Å². The Kier molecular flexibility index (Phi) is 20.4. The van der Waals surface area contributed by atoms with Gasteiger partial charge in [-0.05, 0) is 130 Å². The molecule has 0 spiro atoms. The molecule has 0 aliphatic carbocycles. The molecule has 2 saturated heterocycles. The van der Waals surface area contributed by atoms with Gasteiger partial charge in [-0.1, -0.05) is 113 Å². The number of piperidine rings is 2. The van der Waals surface area contributed by atoms with E-state index in [2.05, 4.69) is 124 Å². The molecule has 1 unspecified atom stereocenters. The smallest absolute Gasteiger partial charge is 0.410 e. The largest absolute Gasteiger partial charge is 0.444 e. The number of imidazole rings is 1. The molecule has 16 heteroatoms. The zero-order valence-corrected chi connectivity index (χ0v) is 46.5. The van der Waals surface area contributed by atoms with Crippen molar-refractivity contribution in [1.82, 2.24) is 39.3 Å². The molecule has 3 aromatic carbocycles. The van der Waals surface area contributed by atoms with E-state index in [1.165, 1.54) is 45.8 Å². The Bertz CT molecular complexity index is 2820. The van der Waals surface area contributed by atoms with Gasteiger partial charge in [0.15, 0.2) is 10.3 Å². The van der Waals surface area contributed by atoms with Crippen molar-refractivity contribution in [2.45, 2.75) is 134 Å². The Balaban J connectivity index is 0.000000190. The van der Waals surface area contributed by atoms with Gasteiger partial charge in [0.2, 0.25) is 0 Å². The number of nitrogens with zero attached hydrogens (tertiary/aromatic N) is 10. The van der Waals surface area contributed by atoms with Crippen molar-refractivity contribution in [3.05, 3.63) is 137 Å². The van der Waals surface area contributed by atoms with E-state index in [9.17, 15) is 14.9 Å². The molecule has 390 valence electrons. The number of aliphatic imine (C=N–C) groups is 1. The highest BCUT2D eigenvalue weighted by Gasteiger charge is 2.30. The standard InChI is InChI=1S/C25H31N5O2S.C17H17N.C16H24N4O2S/c1-17-6-8-18(9-7-17)21-22(20-10-13-26-23(28-20)33-5)30(16-27-21)19-11-14-29(15-12-19)24(31)32-25(2,3)4;1-13-3-7-15(8-4-13)11-17(12-18)16-9-5-14(2)6-10-16;1-16(2,3)22-15(21)20-9-6-12(7-10-20)18-11-13-5-8-17-14(19-13)23-4/h6-10,13,16,19H,11-12,14-15H2,1-5H3;3-10,17H,11H2,1-2H3;5,8,11-12H,6-7,9-10H2,1-4H3. The summed E-state index contributed by atoms with van der Waals surface area (Å²) < 4.78 is 13.2. The maximum absolute atomic E-state index is 12.5. The van der Waals surface area contributed by atoms with E-state index in [4.69, 9.17) is 19.4 Å². The van der Waals surface area contributed by atoms with Gasteiger partial charge in [-0.3, -0.25) is 4.99 Å². The fraction of sp³-hybridized carbons (Fsp3) is 0.431. The van der Waals surface area contributed by atoms with Crippen LogP contribution >= 0.6 is 23.5 Å². The van der Waals surface area contributed by atoms with Crippen molar-refractivity contribution in [2.75, 3.05) is 38.7 Å². The van der Waals surface area contributed by atoms with Gasteiger partial charge in [0.1, 0.15) is 11.2 Å². The first-order valence-electron chi connectivity index (χ1n) is 25.2. The van der Waals surface area contributed by atoms with E-state index in [1.807, 2.05) is 72.5 Å². The first-order chi connectivity index (χ1) is 35.3. The lowest BCUT2D eigenvalue weighted by molar-refractivity contribution is 0.0184. The van der Waals surface area contributed by atoms with E-state index < -0.39 is 11.2 Å². The van der Waals surface area contributed by atoms with Crippen molar-refractivity contribution in [3.63, 3.8) is 0 Å². The summed E-state index contributed by atoms with van der Waals surface area (Å²) in [5.74, 6) is -0.0618. The lowest BCUT2D eigenvalue weighted by Crippen LogP contribution is -2.42. The molecule has 0 N–H and O–H groups in total. The topological polar surface area (TPSA) is 165 Å². The minimum Gasteiger partial charge on any atom is -0.444 e. The number of carbonyl (C=O) groups is 2. The summed E-state index contributed by atoms with van der Waals surface area (Å²) in [6.07, 6.45) is 14.8. The Morgan fingerprint density at radius 1 is 0.703 bits per heavy atom. The Morgan fingerprint density at radius 3 is 1.73 bits per heavy atom. The molecule has 8 rings (SSSR count). The number of amides is 2. The maximum atomic E-state index is 12.5. The highest BCUT2D eigenvalue weighted by Crippen LogP contribution is 2.36. The molecule has 0 saturated carbocycles. The molecule has 74 heavy (non-hydrogen) atoms. The highest BCUT2D eigenvalue weighted by molar-refractivity contribution is 7.98. The average Bonchev–Trinajstić information content (AvgIpc) is 3.83. The Morgan fingerprint density at radius 2 is 1.20 bits per heavy atom. The molecule has 14 nitrogen and oxygen atoms in total. The first kappa shape index (κ1) is 56.7. The zero-order valence-electron chi connectivity index (χ0n) is 44.9. The van der Waals surface area contributed by atoms with Gasteiger partial charge in [-0.25, -0.2) is 34.5 Å². The van der Waals surface area contributed by atoms with Crippen LogP contribution in [0.4, 0.5) is 9.59 Å². The number of rotatable bonds is 10. The molecule has 6 aromatic rings. The maximum Gasteiger partial charge on any atom is 0.410 e. The molecule has 2 aliphatic rings. The number of benzene rings is 3. The van der Waals surface area contributed by atoms with Crippen LogP contribution in [0.2, 0.25) is 0 Å². The van der Waals surface area contributed by atoms with Crippen molar-refractivity contribution in [2.24, 2.45) is 4.99 Å². The molecule has 2 aliphatic heterocycles. The van der Waals surface area contributed by atoms with Crippen molar-refractivity contribution in [1.29, 1.82) is 5.26 Å². The summed E-state index contributed by atoms with van der Waals surface area (Å²) >= 11 is 3.03. The summed E-state index contributed by atoms with van der Waals surface area (Å²) in [7, 11) is 0. The number of ether oxygens (including phenoxy) is 2. The number of likely N-dealkylation sites (tertiary alicyclic amines) is 2.